The summed E-state index contributed by atoms with van der Waals surface area (Å²) in [7, 11) is 1.59. The van der Waals surface area contributed by atoms with Gasteiger partial charge in [-0.3, -0.25) is 14.4 Å². The van der Waals surface area contributed by atoms with Crippen LogP contribution in [0.5, 0.6) is 5.75 Å². The normalized spacial score (nSPS) is 18.1. The van der Waals surface area contributed by atoms with E-state index < -0.39 is 0 Å². The van der Waals surface area contributed by atoms with Gasteiger partial charge in [-0.05, 0) is 49.6 Å². The highest BCUT2D eigenvalue weighted by molar-refractivity contribution is 5.92. The van der Waals surface area contributed by atoms with Crippen LogP contribution in [0.25, 0.3) is 6.08 Å². The van der Waals surface area contributed by atoms with Crippen LogP contribution in [0.1, 0.15) is 25.3 Å². The van der Waals surface area contributed by atoms with Crippen LogP contribution in [-0.2, 0) is 14.4 Å². The molecule has 2 atom stereocenters. The topological polar surface area (TPSA) is 84.5 Å². The minimum Gasteiger partial charge on any atom is -0.497 e. The first kappa shape index (κ1) is 19.4. The monoisotopic (exact) mass is 356 g/mol. The molecule has 6 heteroatoms. The zero-order valence-corrected chi connectivity index (χ0v) is 15.0. The Balaban J connectivity index is 1.98. The largest absolute Gasteiger partial charge is 0.497 e. The van der Waals surface area contributed by atoms with E-state index in [1.165, 1.54) is 19.1 Å². The Hall–Kier alpha value is -2.89. The van der Waals surface area contributed by atoms with Gasteiger partial charge in [-0.2, -0.15) is 0 Å². The first-order valence-corrected chi connectivity index (χ1v) is 8.57. The van der Waals surface area contributed by atoms with Crippen molar-refractivity contribution < 1.29 is 19.1 Å². The van der Waals surface area contributed by atoms with Crippen LogP contribution in [0.2, 0.25) is 0 Å². The first-order valence-electron chi connectivity index (χ1n) is 8.57. The molecular formula is C20H24N2O4. The third-order valence-corrected chi connectivity index (χ3v) is 4.14. The van der Waals surface area contributed by atoms with E-state index in [4.69, 9.17) is 4.74 Å². The summed E-state index contributed by atoms with van der Waals surface area (Å²) in [4.78, 5) is 35.2. The first-order chi connectivity index (χ1) is 12.5. The van der Waals surface area contributed by atoms with Gasteiger partial charge in [-0.25, -0.2) is 0 Å². The summed E-state index contributed by atoms with van der Waals surface area (Å²) in [6.45, 7) is 2.10. The molecule has 1 fully saturated rings. The van der Waals surface area contributed by atoms with Gasteiger partial charge in [0.1, 0.15) is 5.75 Å². The Bertz CT molecular complexity index is 707. The van der Waals surface area contributed by atoms with Crippen LogP contribution in [0, 0.1) is 5.92 Å². The van der Waals surface area contributed by atoms with Gasteiger partial charge in [0.05, 0.1) is 7.11 Å². The molecule has 1 aliphatic rings. The third kappa shape index (κ3) is 6.20. The van der Waals surface area contributed by atoms with Crippen molar-refractivity contribution in [1.29, 1.82) is 0 Å². The predicted octanol–water partition coefficient (Wildman–Crippen LogP) is 1.86. The van der Waals surface area contributed by atoms with Gasteiger partial charge >= 0.3 is 0 Å². The Morgan fingerprint density at radius 1 is 1.31 bits per heavy atom. The molecule has 2 N–H and O–H groups in total. The van der Waals surface area contributed by atoms with Crippen molar-refractivity contribution in [1.82, 2.24) is 10.6 Å². The zero-order chi connectivity index (χ0) is 18.9. The van der Waals surface area contributed by atoms with Gasteiger partial charge in [-0.1, -0.05) is 18.2 Å². The molecule has 1 aromatic carbocycles. The van der Waals surface area contributed by atoms with E-state index in [0.717, 1.165) is 17.7 Å². The summed E-state index contributed by atoms with van der Waals surface area (Å²) in [5.41, 5.74) is 0.868. The lowest BCUT2D eigenvalue weighted by atomic mass is 9.97. The second kappa shape index (κ2) is 9.56. The predicted molar refractivity (Wildman–Crippen MR) is 99.5 cm³/mol. The highest BCUT2D eigenvalue weighted by Gasteiger charge is 2.26. The molecule has 0 saturated carbocycles. The number of allylic oxidation sites excluding steroid dienone is 1. The van der Waals surface area contributed by atoms with E-state index >= 15 is 0 Å². The average molecular weight is 356 g/mol. The van der Waals surface area contributed by atoms with Crippen LogP contribution in [0.4, 0.5) is 0 Å². The fourth-order valence-corrected chi connectivity index (χ4v) is 2.73. The number of benzene rings is 1. The minimum absolute atomic E-state index is 0.00533. The lowest BCUT2D eigenvalue weighted by Gasteiger charge is -2.16. The van der Waals surface area contributed by atoms with Gasteiger partial charge in [0.25, 0.3) is 0 Å². The second-order valence-electron chi connectivity index (χ2n) is 6.20. The number of carbonyl (C=O) groups excluding carboxylic acids is 3. The van der Waals surface area contributed by atoms with Crippen molar-refractivity contribution in [2.24, 2.45) is 5.92 Å². The van der Waals surface area contributed by atoms with Crippen molar-refractivity contribution in [2.45, 2.75) is 25.8 Å². The van der Waals surface area contributed by atoms with E-state index in [1.54, 1.807) is 19.3 Å². The Labute approximate surface area is 153 Å². The molecule has 0 spiro atoms. The van der Waals surface area contributed by atoms with Crippen molar-refractivity contribution in [3.05, 3.63) is 48.1 Å². The summed E-state index contributed by atoms with van der Waals surface area (Å²) in [6, 6.07) is 6.95. The molecule has 2 amide bonds. The number of rotatable bonds is 8. The maximum absolute atomic E-state index is 12.2. The molecule has 26 heavy (non-hydrogen) atoms. The number of hydrogen-bond acceptors (Lipinski definition) is 4. The third-order valence-electron chi connectivity index (χ3n) is 4.14. The molecule has 0 radical (unpaired) electrons. The highest BCUT2D eigenvalue weighted by atomic mass is 16.5. The van der Waals surface area contributed by atoms with Crippen LogP contribution in [-0.4, -0.2) is 37.3 Å². The number of amides is 2. The fraction of sp³-hybridized carbons (Fsp3) is 0.350. The molecule has 1 heterocycles. The van der Waals surface area contributed by atoms with Gasteiger partial charge in [-0.15, -0.1) is 0 Å². The van der Waals surface area contributed by atoms with Crippen LogP contribution in [0.15, 0.2) is 42.5 Å². The summed E-state index contributed by atoms with van der Waals surface area (Å²) in [6.07, 6.45) is 7.41. The van der Waals surface area contributed by atoms with Crippen LogP contribution >= 0.6 is 0 Å². The van der Waals surface area contributed by atoms with E-state index in [2.05, 4.69) is 10.6 Å². The Kier molecular flexibility index (Phi) is 7.14. The Morgan fingerprint density at radius 3 is 2.62 bits per heavy atom. The second-order valence-corrected chi connectivity index (χ2v) is 6.20. The maximum Gasteiger partial charge on any atom is 0.244 e. The summed E-state index contributed by atoms with van der Waals surface area (Å²) in [5, 5.41) is 5.63. The molecule has 1 saturated heterocycles. The number of hydrogen-bond donors (Lipinski definition) is 2. The average Bonchev–Trinajstić information content (AvgIpc) is 3.03. The smallest absolute Gasteiger partial charge is 0.244 e. The van der Waals surface area contributed by atoms with Crippen molar-refractivity contribution in [2.75, 3.05) is 13.7 Å². The molecule has 138 valence electrons. The summed E-state index contributed by atoms with van der Waals surface area (Å²) >= 11 is 0. The lowest BCUT2D eigenvalue weighted by molar-refractivity contribution is -0.123. The number of ether oxygens (including phenoxy) is 1. The highest BCUT2D eigenvalue weighted by Crippen LogP contribution is 2.17. The van der Waals surface area contributed by atoms with Crippen molar-refractivity contribution in [3.8, 4) is 5.75 Å². The number of nitrogens with one attached hydrogen (secondary N) is 2. The molecular weight excluding hydrogens is 332 g/mol. The molecule has 2 rings (SSSR count). The molecule has 1 aliphatic heterocycles. The number of methoxy groups -OCH3 is 1. The maximum atomic E-state index is 12.2. The van der Waals surface area contributed by atoms with E-state index in [-0.39, 0.29) is 29.6 Å². The zero-order valence-electron chi connectivity index (χ0n) is 15.0. The number of carbonyl (C=O) groups is 3. The van der Waals surface area contributed by atoms with E-state index in [0.29, 0.717) is 13.0 Å². The quantitative estimate of drug-likeness (QED) is 0.697. The summed E-state index contributed by atoms with van der Waals surface area (Å²) < 4.78 is 5.09. The van der Waals surface area contributed by atoms with Crippen LogP contribution < -0.4 is 15.4 Å². The molecule has 0 bridgehead atoms. The van der Waals surface area contributed by atoms with Crippen molar-refractivity contribution in [3.63, 3.8) is 0 Å². The fourth-order valence-electron chi connectivity index (χ4n) is 2.73. The lowest BCUT2D eigenvalue weighted by Crippen LogP contribution is -2.35. The van der Waals surface area contributed by atoms with Gasteiger partial charge in [0, 0.05) is 24.6 Å². The molecule has 1 aromatic rings. The standard InChI is InChI=1S/C20H24N2O4/c1-14(23)3-7-17(13-16-11-12-21-20(16)25)22-19(24)10-6-15-4-8-18(26-2)9-5-15/h3-10,16-17H,11-13H2,1-2H3,(H,21,25)(H,22,24)/b7-3+,10-6+/t16-,17+/m0/s1. The van der Waals surface area contributed by atoms with Gasteiger partial charge in [0.15, 0.2) is 5.78 Å². The van der Waals surface area contributed by atoms with Gasteiger partial charge < -0.3 is 15.4 Å². The van der Waals surface area contributed by atoms with E-state index in [1.807, 2.05) is 24.3 Å². The molecule has 0 aromatic heterocycles. The molecule has 6 nitrogen and oxygen atoms in total. The SMILES string of the molecule is COc1ccc(/C=C/C(=O)N[C@H](/C=C/C(C)=O)C[C@@H]2CCNC2=O)cc1. The van der Waals surface area contributed by atoms with Gasteiger partial charge in [0.2, 0.25) is 11.8 Å². The summed E-state index contributed by atoms with van der Waals surface area (Å²) in [5.74, 6) is 0.207. The number of ketones is 1. The van der Waals surface area contributed by atoms with Crippen LogP contribution in [0.3, 0.4) is 0 Å². The Morgan fingerprint density at radius 2 is 2.04 bits per heavy atom. The van der Waals surface area contributed by atoms with Crippen molar-refractivity contribution >= 4 is 23.7 Å². The van der Waals surface area contributed by atoms with E-state index in [9.17, 15) is 14.4 Å². The molecule has 0 unspecified atom stereocenters. The molecule has 0 aliphatic carbocycles. The minimum atomic E-state index is -0.374.